The summed E-state index contributed by atoms with van der Waals surface area (Å²) in [4.78, 5) is 74.0. The molecule has 2 amide bonds. The number of likely N-dealkylation sites (tertiary alicyclic amines) is 1. The maximum Gasteiger partial charge on any atom is 0.410 e. The molecule has 4 N–H and O–H groups in total. The topological polar surface area (TPSA) is 211 Å². The lowest BCUT2D eigenvalue weighted by molar-refractivity contribution is -0.116. The van der Waals surface area contributed by atoms with Crippen molar-refractivity contribution in [1.29, 1.82) is 0 Å². The van der Waals surface area contributed by atoms with Crippen LogP contribution in [0, 0.1) is 30.6 Å². The Bertz CT molecular complexity index is 2030. The van der Waals surface area contributed by atoms with Gasteiger partial charge in [0.05, 0.1) is 54.5 Å². The number of aliphatic hydroxyl groups is 2. The Morgan fingerprint density at radius 3 is 2.20 bits per heavy atom. The fraction of sp³-hybridized carbons (Fsp3) is 0.568. The smallest absolute Gasteiger partial charge is 0.410 e. The highest BCUT2D eigenvalue weighted by atomic mass is 16.7. The third-order valence-corrected chi connectivity index (χ3v) is 12.6. The zero-order valence-electron chi connectivity index (χ0n) is 35.5. The lowest BCUT2D eigenvalue weighted by Crippen LogP contribution is -2.48. The number of aromatic hydroxyl groups is 1. The Hall–Kier alpha value is -5.03. The monoisotopic (exact) mass is 835 g/mol. The van der Waals surface area contributed by atoms with Crippen LogP contribution in [0.25, 0.3) is 0 Å². The first-order chi connectivity index (χ1) is 28.4. The van der Waals surface area contributed by atoms with Crippen molar-refractivity contribution in [3.63, 3.8) is 0 Å². The minimum atomic E-state index is -2.08. The number of morpholine rings is 1. The molecule has 0 spiro atoms. The van der Waals surface area contributed by atoms with Gasteiger partial charge in [-0.1, -0.05) is 45.9 Å². The van der Waals surface area contributed by atoms with E-state index in [0.29, 0.717) is 13.1 Å². The van der Waals surface area contributed by atoms with Gasteiger partial charge in [0.2, 0.25) is 11.6 Å². The molecular weight excluding hydrogens is 778 g/mol. The van der Waals surface area contributed by atoms with Crippen LogP contribution in [0.15, 0.2) is 47.5 Å². The number of methoxy groups -OCH3 is 1. The number of allylic oxidation sites excluding steroid dienone is 4. The molecule has 5 heterocycles. The highest BCUT2D eigenvalue weighted by Crippen LogP contribution is 2.49. The van der Waals surface area contributed by atoms with E-state index >= 15 is 0 Å². The zero-order chi connectivity index (χ0) is 43.8. The van der Waals surface area contributed by atoms with E-state index in [2.05, 4.69) is 5.32 Å². The summed E-state index contributed by atoms with van der Waals surface area (Å²) in [7, 11) is 1.45. The second kappa shape index (κ2) is 17.9. The van der Waals surface area contributed by atoms with Crippen LogP contribution < -0.4 is 10.1 Å². The molecule has 5 aliphatic heterocycles. The maximum atomic E-state index is 14.7. The predicted molar refractivity (Wildman–Crippen MR) is 216 cm³/mol. The number of hydrogen-bond acceptors (Lipinski definition) is 14. The number of nitrogens with zero attached hydrogens (tertiary/aromatic N) is 2. The van der Waals surface area contributed by atoms with E-state index in [9.17, 15) is 39.3 Å². The van der Waals surface area contributed by atoms with Crippen molar-refractivity contribution in [2.24, 2.45) is 23.7 Å². The molecular formula is C44H57N3O13. The Kier molecular flexibility index (Phi) is 13.3. The third kappa shape index (κ3) is 8.21. The number of phenols is 1. The van der Waals surface area contributed by atoms with E-state index in [-0.39, 0.29) is 65.7 Å². The summed E-state index contributed by atoms with van der Waals surface area (Å²) in [5.41, 5.74) is -1.45. The molecule has 7 rings (SSSR count). The van der Waals surface area contributed by atoms with E-state index < -0.39 is 94.5 Å². The van der Waals surface area contributed by atoms with Gasteiger partial charge in [-0.15, -0.1) is 0 Å². The molecule has 0 saturated carbocycles. The summed E-state index contributed by atoms with van der Waals surface area (Å²) in [5, 5.41) is 37.4. The standard InChI is InChI=1S/C44H57N3O13/c1-22-12-11-13-23(2)42(54)45-32-33(46-17-20-57-21-18-46)38(52)29-30(37(32)51)36(50)27(6)40-31(29)41(53)44(7,60-40)58-19-14-28(56-8)24(3)39(26(5)35(49)25(4)34(22)48)59-43(55)47-15-9-10-16-47/h11-14,19,22,24-26,28,34-35,39,48-50H,9-10,15-18,20-21H2,1-8H3,(H,45,54)/b12-11+,19-14+,23-13-/t22-,24+,25+,26+,28-,34-,35+,39+,44-/m0/s1. The number of rotatable bonds is 3. The SMILES string of the molecule is CO[C@H]1/C=C/O[C@@]2(C)Oc3c(C)c(O)c4c(c3C2=O)C(=O)C(N2CCOCC2)=C(NC(=O)/C(C)=C\C=C\[C@H](C)[C@H](O)[C@@H](C)[C@@H](O)[C@@H](C)[C@H](OC(=O)N2CCCC2)[C@@H]1C)C4=O. The number of carbonyl (C=O) groups is 5. The molecule has 0 aromatic heterocycles. The third-order valence-electron chi connectivity index (χ3n) is 12.6. The Balaban J connectivity index is 1.46. The number of aliphatic hydroxyl groups excluding tert-OH is 2. The minimum Gasteiger partial charge on any atom is -0.507 e. The summed E-state index contributed by atoms with van der Waals surface area (Å²) in [5.74, 6) is -8.53. The van der Waals surface area contributed by atoms with Crippen molar-refractivity contribution in [2.45, 2.75) is 91.5 Å². The molecule has 60 heavy (non-hydrogen) atoms. The molecule has 1 aromatic carbocycles. The number of phenolic OH excluding ortho intramolecular Hbond substituents is 1. The largest absolute Gasteiger partial charge is 0.507 e. The normalized spacial score (nSPS) is 33.8. The number of benzene rings is 1. The van der Waals surface area contributed by atoms with Crippen molar-refractivity contribution in [3.8, 4) is 11.5 Å². The van der Waals surface area contributed by atoms with Crippen LogP contribution in [0.5, 0.6) is 11.5 Å². The van der Waals surface area contributed by atoms with Gasteiger partial charge in [-0.3, -0.25) is 19.2 Å². The number of carbonyl (C=O) groups excluding carboxylic acids is 5. The Morgan fingerprint density at radius 1 is 0.883 bits per heavy atom. The number of ketones is 3. The first-order valence-electron chi connectivity index (χ1n) is 20.6. The van der Waals surface area contributed by atoms with Gasteiger partial charge in [0.25, 0.3) is 11.7 Å². The molecule has 5 bridgehead atoms. The van der Waals surface area contributed by atoms with E-state index in [4.69, 9.17) is 23.7 Å². The van der Waals surface area contributed by atoms with Crippen LogP contribution in [0.1, 0.15) is 91.0 Å². The van der Waals surface area contributed by atoms with Crippen molar-refractivity contribution < 1.29 is 63.0 Å². The highest BCUT2D eigenvalue weighted by molar-refractivity contribution is 6.32. The molecule has 1 aromatic rings. The average Bonchev–Trinajstić information content (AvgIpc) is 3.87. The number of Topliss-reactive ketones (excluding diaryl/α,β-unsaturated/α-hetero) is 3. The molecule has 2 fully saturated rings. The van der Waals surface area contributed by atoms with Gasteiger partial charge in [-0.05, 0) is 32.8 Å². The van der Waals surface area contributed by atoms with Crippen LogP contribution in [0.3, 0.4) is 0 Å². The van der Waals surface area contributed by atoms with Crippen LogP contribution >= 0.6 is 0 Å². The van der Waals surface area contributed by atoms with Gasteiger partial charge in [-0.25, -0.2) is 4.79 Å². The highest BCUT2D eigenvalue weighted by Gasteiger charge is 2.53. The first-order valence-corrected chi connectivity index (χ1v) is 20.6. The van der Waals surface area contributed by atoms with Crippen molar-refractivity contribution in [1.82, 2.24) is 15.1 Å². The summed E-state index contributed by atoms with van der Waals surface area (Å²) >= 11 is 0. The molecule has 16 heteroatoms. The summed E-state index contributed by atoms with van der Waals surface area (Å²) < 4.78 is 29.6. The number of nitrogens with one attached hydrogen (secondary N) is 1. The number of ether oxygens (including phenoxy) is 5. The van der Waals surface area contributed by atoms with E-state index in [1.165, 1.54) is 46.3 Å². The van der Waals surface area contributed by atoms with Crippen LogP contribution in [0.2, 0.25) is 0 Å². The van der Waals surface area contributed by atoms with Crippen molar-refractivity contribution >= 4 is 29.4 Å². The predicted octanol–water partition coefficient (Wildman–Crippen LogP) is 3.96. The second-order valence-corrected chi connectivity index (χ2v) is 16.6. The molecule has 1 aliphatic carbocycles. The molecule has 16 nitrogen and oxygen atoms in total. The number of amides is 2. The van der Waals surface area contributed by atoms with E-state index in [1.54, 1.807) is 49.6 Å². The van der Waals surface area contributed by atoms with Crippen molar-refractivity contribution in [2.75, 3.05) is 46.5 Å². The lowest BCUT2D eigenvalue weighted by atomic mass is 9.78. The molecule has 6 aliphatic rings. The van der Waals surface area contributed by atoms with Gasteiger partial charge in [0.1, 0.15) is 29.0 Å². The van der Waals surface area contributed by atoms with E-state index in [0.717, 1.165) is 12.8 Å². The van der Waals surface area contributed by atoms with Gasteiger partial charge in [0, 0.05) is 75.0 Å². The maximum absolute atomic E-state index is 14.7. The molecule has 2 saturated heterocycles. The molecule has 0 unspecified atom stereocenters. The fourth-order valence-corrected chi connectivity index (χ4v) is 8.66. The van der Waals surface area contributed by atoms with Gasteiger partial charge < -0.3 is 54.1 Å². The molecule has 9 atom stereocenters. The zero-order valence-corrected chi connectivity index (χ0v) is 35.5. The summed E-state index contributed by atoms with van der Waals surface area (Å²) in [6, 6.07) is 0. The lowest BCUT2D eigenvalue weighted by Gasteiger charge is -2.38. The first kappa shape index (κ1) is 44.5. The number of hydrogen-bond donors (Lipinski definition) is 4. The van der Waals surface area contributed by atoms with Gasteiger partial charge >= 0.3 is 11.9 Å². The van der Waals surface area contributed by atoms with Crippen LogP contribution in [0.4, 0.5) is 4.79 Å². The fourth-order valence-electron chi connectivity index (χ4n) is 8.66. The van der Waals surface area contributed by atoms with Crippen LogP contribution in [-0.2, 0) is 23.7 Å². The van der Waals surface area contributed by atoms with E-state index in [1.807, 2.05) is 0 Å². The quantitative estimate of drug-likeness (QED) is 0.340. The number of fused-ring (bicyclic) bond motifs is 14. The van der Waals surface area contributed by atoms with Gasteiger partial charge in [-0.2, -0.15) is 0 Å². The van der Waals surface area contributed by atoms with Gasteiger partial charge in [0.15, 0.2) is 0 Å². The summed E-state index contributed by atoms with van der Waals surface area (Å²) in [6.07, 6.45) is 4.62. The Morgan fingerprint density at radius 2 is 1.55 bits per heavy atom. The minimum absolute atomic E-state index is 0.00548. The van der Waals surface area contributed by atoms with Crippen molar-refractivity contribution in [3.05, 3.63) is 69.8 Å². The van der Waals surface area contributed by atoms with Crippen LogP contribution in [-0.4, -0.2) is 131 Å². The summed E-state index contributed by atoms with van der Waals surface area (Å²) in [6.45, 7) is 13.2. The second-order valence-electron chi connectivity index (χ2n) is 16.6. The average molecular weight is 836 g/mol. The molecule has 0 radical (unpaired) electrons. The molecule has 326 valence electrons. The Labute approximate surface area is 349 Å².